The fourth-order valence-corrected chi connectivity index (χ4v) is 2.63. The number of hydrogen-bond donors (Lipinski definition) is 1. The number of furan rings is 1. The van der Waals surface area contributed by atoms with E-state index in [1.807, 2.05) is 36.4 Å². The number of fused-ring (bicyclic) bond motifs is 1. The molecule has 0 radical (unpaired) electrons. The van der Waals surface area contributed by atoms with Crippen LogP contribution in [0, 0.1) is 0 Å². The zero-order valence-corrected chi connectivity index (χ0v) is 10.5. The van der Waals surface area contributed by atoms with E-state index >= 15 is 0 Å². The summed E-state index contributed by atoms with van der Waals surface area (Å²) in [5, 5.41) is 9.38. The number of aliphatic carboxylic acids is 1. The monoisotopic (exact) mass is 257 g/mol. The van der Waals surface area contributed by atoms with Crippen molar-refractivity contribution in [2.75, 3.05) is 6.54 Å². The highest BCUT2D eigenvalue weighted by molar-refractivity contribution is 5.77. The molecule has 0 spiro atoms. The van der Waals surface area contributed by atoms with Crippen LogP contribution in [0.2, 0.25) is 0 Å². The van der Waals surface area contributed by atoms with E-state index in [1.165, 1.54) is 0 Å². The molecule has 0 saturated heterocycles. The minimum Gasteiger partial charge on any atom is -0.481 e. The number of carboxylic acid groups (broad SMARTS) is 1. The molecule has 2 heterocycles. The average molecular weight is 257 g/mol. The van der Waals surface area contributed by atoms with Gasteiger partial charge in [-0.25, -0.2) is 0 Å². The van der Waals surface area contributed by atoms with Crippen LogP contribution in [0.25, 0.3) is 0 Å². The lowest BCUT2D eigenvalue weighted by atomic mass is 9.90. The summed E-state index contributed by atoms with van der Waals surface area (Å²) in [6.07, 6.45) is 1.64. The Balaban J connectivity index is 1.86. The van der Waals surface area contributed by atoms with E-state index in [9.17, 15) is 9.90 Å². The second kappa shape index (κ2) is 4.90. The maximum absolute atomic E-state index is 11.4. The van der Waals surface area contributed by atoms with Gasteiger partial charge in [0, 0.05) is 13.1 Å². The van der Waals surface area contributed by atoms with Crippen LogP contribution >= 0.6 is 0 Å². The molecule has 4 nitrogen and oxygen atoms in total. The van der Waals surface area contributed by atoms with Gasteiger partial charge >= 0.3 is 5.97 Å². The van der Waals surface area contributed by atoms with Gasteiger partial charge in [0.25, 0.3) is 0 Å². The van der Waals surface area contributed by atoms with Gasteiger partial charge in [0.05, 0.1) is 18.7 Å². The van der Waals surface area contributed by atoms with Crippen molar-refractivity contribution in [3.8, 4) is 0 Å². The summed E-state index contributed by atoms with van der Waals surface area (Å²) in [4.78, 5) is 13.5. The highest BCUT2D eigenvalue weighted by Gasteiger charge is 2.30. The van der Waals surface area contributed by atoms with Crippen LogP contribution in [-0.4, -0.2) is 22.5 Å². The number of hydrogen-bond acceptors (Lipinski definition) is 3. The summed E-state index contributed by atoms with van der Waals surface area (Å²) in [5.41, 5.74) is 2.03. The topological polar surface area (TPSA) is 53.7 Å². The van der Waals surface area contributed by atoms with Gasteiger partial charge in [-0.1, -0.05) is 24.3 Å². The molecule has 19 heavy (non-hydrogen) atoms. The number of benzene rings is 1. The van der Waals surface area contributed by atoms with Gasteiger partial charge in [-0.3, -0.25) is 9.69 Å². The largest absolute Gasteiger partial charge is 0.481 e. The predicted octanol–water partition coefficient (Wildman–Crippen LogP) is 2.46. The van der Waals surface area contributed by atoms with Crippen LogP contribution in [0.15, 0.2) is 47.1 Å². The molecule has 1 aromatic carbocycles. The normalized spacial score (nSPS) is 19.1. The summed E-state index contributed by atoms with van der Waals surface area (Å²) in [7, 11) is 0. The van der Waals surface area contributed by atoms with E-state index in [2.05, 4.69) is 4.90 Å². The summed E-state index contributed by atoms with van der Waals surface area (Å²) in [6.45, 7) is 1.93. The van der Waals surface area contributed by atoms with Crippen LogP contribution in [0.1, 0.15) is 22.8 Å². The standard InChI is InChI=1S/C15H15NO3/c17-15(18)14-10-16(9-12-5-3-7-19-12)8-11-4-1-2-6-13(11)14/h1-7,14H,8-10H2,(H,17,18). The molecule has 0 saturated carbocycles. The van der Waals surface area contributed by atoms with Crippen molar-refractivity contribution >= 4 is 5.97 Å². The number of carboxylic acids is 1. The zero-order valence-electron chi connectivity index (χ0n) is 10.5. The predicted molar refractivity (Wildman–Crippen MR) is 69.6 cm³/mol. The summed E-state index contributed by atoms with van der Waals surface area (Å²) in [6, 6.07) is 11.5. The molecule has 0 amide bonds. The first-order valence-corrected chi connectivity index (χ1v) is 6.29. The number of carbonyl (C=O) groups is 1. The van der Waals surface area contributed by atoms with E-state index in [0.29, 0.717) is 13.1 Å². The fraction of sp³-hybridized carbons (Fsp3) is 0.267. The molecule has 4 heteroatoms. The van der Waals surface area contributed by atoms with Crippen molar-refractivity contribution in [3.05, 3.63) is 59.5 Å². The van der Waals surface area contributed by atoms with E-state index in [1.54, 1.807) is 6.26 Å². The number of rotatable bonds is 3. The molecular formula is C15H15NO3. The van der Waals surface area contributed by atoms with Gasteiger partial charge in [-0.15, -0.1) is 0 Å². The fourth-order valence-electron chi connectivity index (χ4n) is 2.63. The Kier molecular flexibility index (Phi) is 3.09. The number of nitrogens with zero attached hydrogens (tertiary/aromatic N) is 1. The second-order valence-electron chi connectivity index (χ2n) is 4.84. The van der Waals surface area contributed by atoms with E-state index < -0.39 is 11.9 Å². The molecule has 3 rings (SSSR count). The molecule has 0 fully saturated rings. The Morgan fingerprint density at radius 2 is 2.16 bits per heavy atom. The van der Waals surface area contributed by atoms with Gasteiger partial charge in [-0.05, 0) is 23.3 Å². The molecule has 98 valence electrons. The quantitative estimate of drug-likeness (QED) is 0.917. The second-order valence-corrected chi connectivity index (χ2v) is 4.84. The van der Waals surface area contributed by atoms with Crippen molar-refractivity contribution < 1.29 is 14.3 Å². The first-order chi connectivity index (χ1) is 9.24. The molecule has 0 aliphatic carbocycles. The maximum Gasteiger partial charge on any atom is 0.312 e. The molecule has 2 aromatic rings. The average Bonchev–Trinajstić information content (AvgIpc) is 2.90. The molecule has 1 aromatic heterocycles. The van der Waals surface area contributed by atoms with Crippen molar-refractivity contribution in [2.24, 2.45) is 0 Å². The summed E-state index contributed by atoms with van der Waals surface area (Å²) in [5.74, 6) is -0.361. The van der Waals surface area contributed by atoms with Crippen molar-refractivity contribution in [1.29, 1.82) is 0 Å². The van der Waals surface area contributed by atoms with E-state index in [4.69, 9.17) is 4.42 Å². The Morgan fingerprint density at radius 3 is 2.89 bits per heavy atom. The van der Waals surface area contributed by atoms with Crippen molar-refractivity contribution in [1.82, 2.24) is 4.90 Å². The molecule has 0 bridgehead atoms. The minimum absolute atomic E-state index is 0.458. The molecule has 1 aliphatic rings. The zero-order chi connectivity index (χ0) is 13.2. The Hall–Kier alpha value is -2.07. The summed E-state index contributed by atoms with van der Waals surface area (Å²) < 4.78 is 5.33. The van der Waals surface area contributed by atoms with Crippen LogP contribution in [0.3, 0.4) is 0 Å². The maximum atomic E-state index is 11.4. The lowest BCUT2D eigenvalue weighted by Gasteiger charge is -2.32. The third kappa shape index (κ3) is 2.39. The molecule has 1 atom stereocenters. The molecule has 1 unspecified atom stereocenters. The van der Waals surface area contributed by atoms with Crippen LogP contribution in [0.4, 0.5) is 0 Å². The van der Waals surface area contributed by atoms with Gasteiger partial charge in [0.15, 0.2) is 0 Å². The summed E-state index contributed by atoms with van der Waals surface area (Å²) >= 11 is 0. The smallest absolute Gasteiger partial charge is 0.312 e. The highest BCUT2D eigenvalue weighted by Crippen LogP contribution is 2.29. The Labute approximate surface area is 111 Å². The minimum atomic E-state index is -0.767. The van der Waals surface area contributed by atoms with Gasteiger partial charge in [-0.2, -0.15) is 0 Å². The van der Waals surface area contributed by atoms with Crippen LogP contribution < -0.4 is 0 Å². The molecule has 1 N–H and O–H groups in total. The van der Waals surface area contributed by atoms with E-state index in [-0.39, 0.29) is 0 Å². The van der Waals surface area contributed by atoms with Gasteiger partial charge in [0.2, 0.25) is 0 Å². The SMILES string of the molecule is O=C(O)C1CN(Cc2ccco2)Cc2ccccc21. The third-order valence-corrected chi connectivity index (χ3v) is 3.52. The highest BCUT2D eigenvalue weighted by atomic mass is 16.4. The lowest BCUT2D eigenvalue weighted by molar-refractivity contribution is -0.139. The first-order valence-electron chi connectivity index (χ1n) is 6.29. The van der Waals surface area contributed by atoms with Gasteiger partial charge in [0.1, 0.15) is 5.76 Å². The third-order valence-electron chi connectivity index (χ3n) is 3.52. The van der Waals surface area contributed by atoms with Crippen LogP contribution in [0.5, 0.6) is 0 Å². The molecule has 1 aliphatic heterocycles. The van der Waals surface area contributed by atoms with E-state index in [0.717, 1.165) is 23.4 Å². The first kappa shape index (κ1) is 12.0. The van der Waals surface area contributed by atoms with Crippen molar-refractivity contribution in [3.63, 3.8) is 0 Å². The Morgan fingerprint density at radius 1 is 1.32 bits per heavy atom. The lowest BCUT2D eigenvalue weighted by Crippen LogP contribution is -2.36. The Bertz CT molecular complexity index is 577. The molecular weight excluding hydrogens is 242 g/mol. The van der Waals surface area contributed by atoms with Crippen molar-refractivity contribution in [2.45, 2.75) is 19.0 Å². The van der Waals surface area contributed by atoms with Crippen LogP contribution in [-0.2, 0) is 17.9 Å². The van der Waals surface area contributed by atoms with Gasteiger partial charge < -0.3 is 9.52 Å².